The fourth-order valence-electron chi connectivity index (χ4n) is 9.44. The van der Waals surface area contributed by atoms with Crippen LogP contribution in [0.25, 0.3) is 0 Å². The van der Waals surface area contributed by atoms with Crippen molar-refractivity contribution in [3.05, 3.63) is 107 Å². The fourth-order valence-corrected chi connectivity index (χ4v) is 9.44. The van der Waals surface area contributed by atoms with Crippen LogP contribution in [0.3, 0.4) is 0 Å². The van der Waals surface area contributed by atoms with Gasteiger partial charge >= 0.3 is 0 Å². The predicted molar refractivity (Wildman–Crippen MR) is 243 cm³/mol. The second-order valence-electron chi connectivity index (χ2n) is 18.1. The second-order valence-corrected chi connectivity index (χ2v) is 18.1. The van der Waals surface area contributed by atoms with Gasteiger partial charge in [0.25, 0.3) is 11.8 Å². The fraction of sp³-hybridized carbons (Fsp3) is 0.529. The van der Waals surface area contributed by atoms with E-state index in [1.54, 1.807) is 39.0 Å². The summed E-state index contributed by atoms with van der Waals surface area (Å²) in [6.45, 7) is 5.66. The smallest absolute Gasteiger partial charge is 0.253 e. The van der Waals surface area contributed by atoms with Crippen molar-refractivity contribution in [2.75, 3.05) is 39.3 Å². The van der Waals surface area contributed by atoms with Crippen molar-refractivity contribution in [2.45, 2.75) is 121 Å². The first-order chi connectivity index (χ1) is 30.7. The number of hydrogen-bond donors (Lipinski definition) is 3. The molecule has 3 aromatic carbocycles. The average molecular weight is 859 g/mol. The normalized spacial score (nSPS) is 23.8. The molecule has 0 radical (unpaired) electrons. The van der Waals surface area contributed by atoms with Gasteiger partial charge in [-0.25, -0.2) is 0 Å². The highest BCUT2D eigenvalue weighted by Crippen LogP contribution is 2.42. The SMILES string of the molecule is CCCCCCCC(=O)N1CCN(C(=O)c2ccc(C(=O)N3C[C@@H](C(=O)N[C@H]4C[C@@H]4c4ccccc4)[C@H](C(=O)N[C@H]4C[C@@H]4c4ccccc4)C3)cc2)C[C@H]1C(=O)NCCCCCC. The first-order valence-electron chi connectivity index (χ1n) is 23.6. The Balaban J connectivity index is 0.988. The van der Waals surface area contributed by atoms with Gasteiger partial charge < -0.3 is 30.7 Å². The number of nitrogens with one attached hydrogen (secondary N) is 3. The minimum absolute atomic E-state index is 0.0201. The van der Waals surface area contributed by atoms with E-state index in [2.05, 4.69) is 54.1 Å². The number of unbranched alkanes of at least 4 members (excludes halogenated alkanes) is 7. The summed E-state index contributed by atoms with van der Waals surface area (Å²) in [7, 11) is 0. The third kappa shape index (κ3) is 11.7. The van der Waals surface area contributed by atoms with E-state index in [0.29, 0.717) is 30.6 Å². The van der Waals surface area contributed by atoms with Crippen LogP contribution in [-0.4, -0.2) is 108 Å². The van der Waals surface area contributed by atoms with Crippen LogP contribution in [-0.2, 0) is 19.2 Å². The van der Waals surface area contributed by atoms with Gasteiger partial charge in [0.15, 0.2) is 0 Å². The average Bonchev–Trinajstić information content (AvgIpc) is 4.23. The van der Waals surface area contributed by atoms with Gasteiger partial charge in [0.05, 0.1) is 18.4 Å². The van der Waals surface area contributed by atoms with E-state index in [1.807, 2.05) is 36.4 Å². The second kappa shape index (κ2) is 21.7. The molecule has 0 unspecified atom stereocenters. The molecule has 12 nitrogen and oxygen atoms in total. The van der Waals surface area contributed by atoms with E-state index in [9.17, 15) is 28.8 Å². The standard InChI is InChI=1S/C51H66N6O6/c1-3-5-7-9-16-22-46(58)57-29-28-55(34-45(57)49(61)52-27-17-8-6-4-2)50(62)37-23-25-38(26-24-37)51(63)56-32-41(47(59)53-43-30-39(43)35-18-12-10-13-19-35)42(33-56)48(60)54-44-31-40(44)36-20-14-11-15-21-36/h10-15,18-21,23-26,39-45H,3-9,16-17,22,27-34H2,1-2H3,(H,52,61)(H,53,59)(H,54,60)/t39-,40-,41-,42-,43+,44+,45+/m1/s1. The number of benzene rings is 3. The molecule has 0 spiro atoms. The topological polar surface area (TPSA) is 148 Å². The van der Waals surface area contributed by atoms with Crippen LogP contribution >= 0.6 is 0 Å². The molecule has 6 amide bonds. The van der Waals surface area contributed by atoms with Gasteiger partial charge in [-0.15, -0.1) is 0 Å². The Morgan fingerprint density at radius 3 is 1.56 bits per heavy atom. The summed E-state index contributed by atoms with van der Waals surface area (Å²) in [5.74, 6) is -2.31. The number of piperazine rings is 1. The zero-order valence-electron chi connectivity index (χ0n) is 37.1. The zero-order chi connectivity index (χ0) is 44.3. The summed E-state index contributed by atoms with van der Waals surface area (Å²) >= 11 is 0. The first kappa shape index (κ1) is 45.5. The lowest BCUT2D eigenvalue weighted by Crippen LogP contribution is -2.61. The zero-order valence-corrected chi connectivity index (χ0v) is 37.1. The molecule has 2 heterocycles. The molecule has 2 aliphatic heterocycles. The van der Waals surface area contributed by atoms with E-state index >= 15 is 0 Å². The Bertz CT molecular complexity index is 1970. The van der Waals surface area contributed by atoms with Crippen molar-refractivity contribution in [1.82, 2.24) is 30.7 Å². The summed E-state index contributed by atoms with van der Waals surface area (Å²) in [5.41, 5.74) is 3.05. The quantitative estimate of drug-likeness (QED) is 0.112. The molecule has 3 aromatic rings. The van der Waals surface area contributed by atoms with Crippen molar-refractivity contribution in [3.8, 4) is 0 Å². The summed E-state index contributed by atoms with van der Waals surface area (Å²) in [4.78, 5) is 87.7. The minimum Gasteiger partial charge on any atom is -0.354 e. The lowest BCUT2D eigenvalue weighted by molar-refractivity contribution is -0.143. The number of rotatable bonds is 20. The van der Waals surface area contributed by atoms with E-state index < -0.39 is 17.9 Å². The van der Waals surface area contributed by atoms with Crippen molar-refractivity contribution >= 4 is 35.4 Å². The van der Waals surface area contributed by atoms with Crippen molar-refractivity contribution in [3.63, 3.8) is 0 Å². The summed E-state index contributed by atoms with van der Waals surface area (Å²) in [6, 6.07) is 25.8. The molecule has 0 aromatic heterocycles. The maximum absolute atomic E-state index is 14.1. The molecule has 7 rings (SSSR count). The minimum atomic E-state index is -0.781. The Kier molecular flexibility index (Phi) is 15.7. The number of likely N-dealkylation sites (tertiary alicyclic amines) is 1. The van der Waals surface area contributed by atoms with Crippen LogP contribution in [0.15, 0.2) is 84.9 Å². The number of amides is 6. The highest BCUT2D eigenvalue weighted by Gasteiger charge is 2.49. The maximum atomic E-state index is 14.1. The van der Waals surface area contributed by atoms with Crippen molar-refractivity contribution in [2.24, 2.45) is 11.8 Å². The highest BCUT2D eigenvalue weighted by molar-refractivity contribution is 6.00. The molecule has 2 saturated heterocycles. The number of nitrogens with zero attached hydrogens (tertiary/aromatic N) is 3. The van der Waals surface area contributed by atoms with Crippen LogP contribution in [0.1, 0.15) is 135 Å². The Morgan fingerprint density at radius 2 is 1.03 bits per heavy atom. The predicted octanol–water partition coefficient (Wildman–Crippen LogP) is 6.43. The van der Waals surface area contributed by atoms with E-state index in [4.69, 9.17) is 0 Å². The number of hydrogen-bond acceptors (Lipinski definition) is 6. The Labute approximate surface area is 372 Å². The van der Waals surface area contributed by atoms with E-state index in [-0.39, 0.29) is 85.5 Å². The Morgan fingerprint density at radius 1 is 0.540 bits per heavy atom. The third-order valence-corrected chi connectivity index (χ3v) is 13.5. The maximum Gasteiger partial charge on any atom is 0.253 e. The number of carbonyl (C=O) groups excluding carboxylic acids is 6. The van der Waals surface area contributed by atoms with Crippen LogP contribution < -0.4 is 16.0 Å². The van der Waals surface area contributed by atoms with Crippen LogP contribution in [0.4, 0.5) is 0 Å². The Hall–Kier alpha value is -5.52. The highest BCUT2D eigenvalue weighted by atomic mass is 16.2. The van der Waals surface area contributed by atoms with E-state index in [0.717, 1.165) is 70.6 Å². The monoisotopic (exact) mass is 859 g/mol. The van der Waals surface area contributed by atoms with Gasteiger partial charge in [0.1, 0.15) is 6.04 Å². The van der Waals surface area contributed by atoms with Gasteiger partial charge in [-0.2, -0.15) is 0 Å². The molecule has 3 N–H and O–H groups in total. The van der Waals surface area contributed by atoms with Gasteiger partial charge in [0.2, 0.25) is 23.6 Å². The molecular formula is C51H66N6O6. The molecule has 0 bridgehead atoms. The molecule has 2 saturated carbocycles. The largest absolute Gasteiger partial charge is 0.354 e. The van der Waals surface area contributed by atoms with Crippen molar-refractivity contribution in [1.29, 1.82) is 0 Å². The molecule has 4 fully saturated rings. The van der Waals surface area contributed by atoms with Gasteiger partial charge in [-0.3, -0.25) is 28.8 Å². The summed E-state index contributed by atoms with van der Waals surface area (Å²) < 4.78 is 0. The van der Waals surface area contributed by atoms with E-state index in [1.165, 1.54) is 11.1 Å². The third-order valence-electron chi connectivity index (χ3n) is 13.5. The molecule has 12 heteroatoms. The summed E-state index contributed by atoms with van der Waals surface area (Å²) in [5, 5.41) is 9.40. The van der Waals surface area contributed by atoms with Gasteiger partial charge in [0, 0.05) is 74.2 Å². The molecule has 7 atom stereocenters. The van der Waals surface area contributed by atoms with Crippen LogP contribution in [0.5, 0.6) is 0 Å². The van der Waals surface area contributed by atoms with Crippen LogP contribution in [0, 0.1) is 11.8 Å². The molecule has 2 aliphatic carbocycles. The van der Waals surface area contributed by atoms with Gasteiger partial charge in [-0.1, -0.05) is 119 Å². The number of carbonyl (C=O) groups is 6. The van der Waals surface area contributed by atoms with Gasteiger partial charge in [-0.05, 0) is 61.1 Å². The van der Waals surface area contributed by atoms with Crippen LogP contribution in [0.2, 0.25) is 0 Å². The molecular weight excluding hydrogens is 793 g/mol. The molecule has 336 valence electrons. The lowest BCUT2D eigenvalue weighted by Gasteiger charge is -2.40. The summed E-state index contributed by atoms with van der Waals surface area (Å²) in [6.07, 6.45) is 11.2. The lowest BCUT2D eigenvalue weighted by atomic mass is 9.94. The molecule has 63 heavy (non-hydrogen) atoms. The first-order valence-corrected chi connectivity index (χ1v) is 23.6. The molecule has 4 aliphatic rings. The van der Waals surface area contributed by atoms with Crippen molar-refractivity contribution < 1.29 is 28.8 Å².